The number of hydrogen-bond donors (Lipinski definition) is 0. The van der Waals surface area contributed by atoms with Gasteiger partial charge in [0.2, 0.25) is 6.79 Å². The van der Waals surface area contributed by atoms with Gasteiger partial charge in [0, 0.05) is 19.4 Å². The maximum atomic E-state index is 7.09. The van der Waals surface area contributed by atoms with Crippen LogP contribution in [0.15, 0.2) is 18.2 Å². The van der Waals surface area contributed by atoms with Crippen LogP contribution in [-0.2, 0) is 5.54 Å². The molecule has 3 nitrogen and oxygen atoms in total. The van der Waals surface area contributed by atoms with Crippen LogP contribution in [-0.4, -0.2) is 6.79 Å². The Morgan fingerprint density at radius 1 is 1.29 bits per heavy atom. The zero-order chi connectivity index (χ0) is 10.2. The molecule has 0 bridgehead atoms. The molecule has 0 amide bonds. The molecular weight excluding hydrogens is 178 g/mol. The number of rotatable bonds is 1. The van der Waals surface area contributed by atoms with Gasteiger partial charge in [0.1, 0.15) is 0 Å². The zero-order valence-corrected chi connectivity index (χ0v) is 8.20. The first-order chi connectivity index (χ1) is 6.63. The quantitative estimate of drug-likeness (QED) is 0.633. The minimum Gasteiger partial charge on any atom is -0.454 e. The molecule has 1 aliphatic heterocycles. The van der Waals surface area contributed by atoms with Crippen molar-refractivity contribution in [2.75, 3.05) is 6.79 Å². The molecule has 3 heteroatoms. The molecular formula is C11H11NO2. The number of benzene rings is 1. The van der Waals surface area contributed by atoms with E-state index in [0.717, 1.165) is 17.1 Å². The maximum absolute atomic E-state index is 7.09. The smallest absolute Gasteiger partial charge is 0.252 e. The van der Waals surface area contributed by atoms with Crippen molar-refractivity contribution in [3.05, 3.63) is 35.2 Å². The summed E-state index contributed by atoms with van der Waals surface area (Å²) in [6.45, 7) is 11.1. The highest BCUT2D eigenvalue weighted by Gasteiger charge is 2.28. The first kappa shape index (κ1) is 8.89. The Kier molecular flexibility index (Phi) is 1.85. The maximum Gasteiger partial charge on any atom is 0.252 e. The van der Waals surface area contributed by atoms with Crippen LogP contribution < -0.4 is 9.47 Å². The highest BCUT2D eigenvalue weighted by atomic mass is 16.7. The molecule has 0 unspecified atom stereocenters. The van der Waals surface area contributed by atoms with Gasteiger partial charge in [0.05, 0.1) is 0 Å². The largest absolute Gasteiger partial charge is 0.454 e. The van der Waals surface area contributed by atoms with Gasteiger partial charge >= 0.3 is 0 Å². The van der Waals surface area contributed by atoms with Gasteiger partial charge in [-0.1, -0.05) is 0 Å². The number of ether oxygens (including phenoxy) is 2. The van der Waals surface area contributed by atoms with Gasteiger partial charge in [-0.25, -0.2) is 6.57 Å². The molecule has 0 aliphatic carbocycles. The molecule has 0 atom stereocenters. The van der Waals surface area contributed by atoms with Crippen molar-refractivity contribution in [1.29, 1.82) is 0 Å². The average Bonchev–Trinajstić information content (AvgIpc) is 2.64. The van der Waals surface area contributed by atoms with Crippen LogP contribution in [0, 0.1) is 6.57 Å². The summed E-state index contributed by atoms with van der Waals surface area (Å²) < 4.78 is 10.5. The molecule has 72 valence electrons. The summed E-state index contributed by atoms with van der Waals surface area (Å²) in [5.41, 5.74) is 0.456. The van der Waals surface area contributed by atoms with Gasteiger partial charge in [-0.2, -0.15) is 0 Å². The topological polar surface area (TPSA) is 22.8 Å². The van der Waals surface area contributed by atoms with Crippen molar-refractivity contribution in [1.82, 2.24) is 0 Å². The second-order valence-corrected chi connectivity index (χ2v) is 3.74. The molecule has 0 fully saturated rings. The molecule has 1 aromatic rings. The lowest BCUT2D eigenvalue weighted by Gasteiger charge is -2.11. The highest BCUT2D eigenvalue weighted by Crippen LogP contribution is 2.36. The van der Waals surface area contributed by atoms with Crippen molar-refractivity contribution >= 4 is 0 Å². The van der Waals surface area contributed by atoms with E-state index in [0.29, 0.717) is 0 Å². The van der Waals surface area contributed by atoms with E-state index in [4.69, 9.17) is 16.0 Å². The van der Waals surface area contributed by atoms with Crippen molar-refractivity contribution in [2.45, 2.75) is 19.4 Å². The Labute approximate surface area is 83.1 Å². The first-order valence-corrected chi connectivity index (χ1v) is 4.42. The number of fused-ring (bicyclic) bond motifs is 1. The molecule has 0 saturated carbocycles. The second kappa shape index (κ2) is 2.91. The third-order valence-corrected chi connectivity index (χ3v) is 2.36. The number of nitrogens with zero attached hydrogens (tertiary/aromatic N) is 1. The van der Waals surface area contributed by atoms with Gasteiger partial charge in [0.25, 0.3) is 5.54 Å². The van der Waals surface area contributed by atoms with Crippen LogP contribution in [0.4, 0.5) is 0 Å². The molecule has 0 N–H and O–H groups in total. The highest BCUT2D eigenvalue weighted by molar-refractivity contribution is 5.46. The van der Waals surface area contributed by atoms with Crippen LogP contribution >= 0.6 is 0 Å². The van der Waals surface area contributed by atoms with E-state index in [9.17, 15) is 0 Å². The molecule has 0 aromatic heterocycles. The third kappa shape index (κ3) is 1.29. The molecule has 14 heavy (non-hydrogen) atoms. The van der Waals surface area contributed by atoms with E-state index in [1.807, 2.05) is 32.0 Å². The normalized spacial score (nSPS) is 13.8. The minimum atomic E-state index is -0.499. The fraction of sp³-hybridized carbons (Fsp3) is 0.364. The Morgan fingerprint density at radius 3 is 2.71 bits per heavy atom. The van der Waals surface area contributed by atoms with Crippen LogP contribution in [0.25, 0.3) is 4.85 Å². The molecule has 1 aromatic carbocycles. The summed E-state index contributed by atoms with van der Waals surface area (Å²) in [6, 6.07) is 5.64. The minimum absolute atomic E-state index is 0.275. The summed E-state index contributed by atoms with van der Waals surface area (Å²) in [5, 5.41) is 0. The van der Waals surface area contributed by atoms with Gasteiger partial charge in [-0.05, 0) is 18.2 Å². The monoisotopic (exact) mass is 189 g/mol. The Morgan fingerprint density at radius 2 is 2.00 bits per heavy atom. The van der Waals surface area contributed by atoms with Crippen molar-refractivity contribution < 1.29 is 9.47 Å². The Hall–Kier alpha value is -1.69. The van der Waals surface area contributed by atoms with E-state index in [2.05, 4.69) is 4.85 Å². The summed E-state index contributed by atoms with van der Waals surface area (Å²) in [5.74, 6) is 1.49. The lowest BCUT2D eigenvalue weighted by atomic mass is 9.95. The van der Waals surface area contributed by atoms with Gasteiger partial charge in [-0.15, -0.1) is 0 Å². The van der Waals surface area contributed by atoms with Crippen molar-refractivity contribution in [3.8, 4) is 11.5 Å². The van der Waals surface area contributed by atoms with Gasteiger partial charge < -0.3 is 14.3 Å². The van der Waals surface area contributed by atoms with Crippen molar-refractivity contribution in [2.24, 2.45) is 0 Å². The Balaban J connectivity index is 2.44. The molecule has 1 heterocycles. The zero-order valence-electron chi connectivity index (χ0n) is 8.20. The fourth-order valence-corrected chi connectivity index (χ4v) is 1.34. The second-order valence-electron chi connectivity index (χ2n) is 3.74. The lowest BCUT2D eigenvalue weighted by molar-refractivity contribution is 0.174. The predicted octanol–water partition coefficient (Wildman–Crippen LogP) is 2.57. The fourth-order valence-electron chi connectivity index (χ4n) is 1.34. The third-order valence-electron chi connectivity index (χ3n) is 2.36. The van der Waals surface area contributed by atoms with Gasteiger partial charge in [-0.3, -0.25) is 0 Å². The predicted molar refractivity (Wildman–Crippen MR) is 52.2 cm³/mol. The van der Waals surface area contributed by atoms with E-state index in [1.54, 1.807) is 0 Å². The van der Waals surface area contributed by atoms with Crippen LogP contribution in [0.5, 0.6) is 11.5 Å². The summed E-state index contributed by atoms with van der Waals surface area (Å²) in [7, 11) is 0. The Bertz CT molecular complexity index is 404. The van der Waals surface area contributed by atoms with Crippen LogP contribution in [0.1, 0.15) is 19.4 Å². The van der Waals surface area contributed by atoms with Gasteiger partial charge in [0.15, 0.2) is 11.5 Å². The summed E-state index contributed by atoms with van der Waals surface area (Å²) >= 11 is 0. The van der Waals surface area contributed by atoms with E-state index in [1.165, 1.54) is 0 Å². The van der Waals surface area contributed by atoms with E-state index >= 15 is 0 Å². The van der Waals surface area contributed by atoms with Crippen molar-refractivity contribution in [3.63, 3.8) is 0 Å². The summed E-state index contributed by atoms with van der Waals surface area (Å²) in [4.78, 5) is 3.57. The first-order valence-electron chi connectivity index (χ1n) is 4.42. The van der Waals surface area contributed by atoms with Crippen LogP contribution in [0.3, 0.4) is 0 Å². The van der Waals surface area contributed by atoms with E-state index < -0.39 is 5.54 Å². The standard InChI is InChI=1S/C11H11NO2/c1-11(2,12-3)8-4-5-9-10(6-8)14-7-13-9/h4-6H,7H2,1-2H3. The molecule has 1 aliphatic rings. The molecule has 0 spiro atoms. The van der Waals surface area contributed by atoms with Crippen LogP contribution in [0.2, 0.25) is 0 Å². The van der Waals surface area contributed by atoms with E-state index in [-0.39, 0.29) is 6.79 Å². The number of hydrogen-bond acceptors (Lipinski definition) is 2. The lowest BCUT2D eigenvalue weighted by Crippen LogP contribution is -2.10. The molecule has 2 rings (SSSR count). The average molecular weight is 189 g/mol. The summed E-state index contributed by atoms with van der Waals surface area (Å²) in [6.07, 6.45) is 0. The SMILES string of the molecule is [C-]#[N+]C(C)(C)c1ccc2c(c1)OCO2. The molecule has 0 radical (unpaired) electrons. The molecule has 0 saturated heterocycles.